The van der Waals surface area contributed by atoms with E-state index in [2.05, 4.69) is 10.6 Å². The van der Waals surface area contributed by atoms with Gasteiger partial charge >= 0.3 is 0 Å². The average molecular weight is 188 g/mol. The number of rotatable bonds is 4. The van der Waals surface area contributed by atoms with Crippen LogP contribution in [0.3, 0.4) is 0 Å². The molecule has 0 saturated carbocycles. The van der Waals surface area contributed by atoms with Crippen LogP contribution in [0, 0.1) is 5.92 Å². The van der Waals surface area contributed by atoms with E-state index in [9.17, 15) is 4.79 Å². The number of aliphatic hydroxyl groups excluding tert-OH is 2. The predicted molar refractivity (Wildman–Crippen MR) is 47.1 cm³/mol. The van der Waals surface area contributed by atoms with Crippen molar-refractivity contribution in [3.05, 3.63) is 0 Å². The number of carbonyl (C=O) groups is 1. The van der Waals surface area contributed by atoms with E-state index in [1.165, 1.54) is 0 Å². The van der Waals surface area contributed by atoms with E-state index in [0.717, 1.165) is 13.0 Å². The summed E-state index contributed by atoms with van der Waals surface area (Å²) >= 11 is 0. The third-order valence-corrected chi connectivity index (χ3v) is 2.22. The second-order valence-electron chi connectivity index (χ2n) is 3.26. The summed E-state index contributed by atoms with van der Waals surface area (Å²) in [6, 6.07) is -0.520. The first-order valence-electron chi connectivity index (χ1n) is 4.50. The van der Waals surface area contributed by atoms with E-state index >= 15 is 0 Å². The molecule has 0 bridgehead atoms. The molecule has 1 atom stereocenters. The zero-order valence-corrected chi connectivity index (χ0v) is 7.49. The van der Waals surface area contributed by atoms with Crippen LogP contribution in [0.2, 0.25) is 0 Å². The van der Waals surface area contributed by atoms with Crippen molar-refractivity contribution >= 4 is 5.91 Å². The van der Waals surface area contributed by atoms with Crippen molar-refractivity contribution in [2.75, 3.05) is 26.3 Å². The SMILES string of the molecule is O=C(NC(CO)CO)C1CCNC1. The smallest absolute Gasteiger partial charge is 0.224 e. The zero-order chi connectivity index (χ0) is 9.68. The van der Waals surface area contributed by atoms with Crippen LogP contribution in [0.25, 0.3) is 0 Å². The molecule has 13 heavy (non-hydrogen) atoms. The van der Waals surface area contributed by atoms with Crippen molar-refractivity contribution in [2.24, 2.45) is 5.92 Å². The molecule has 1 amide bonds. The van der Waals surface area contributed by atoms with Gasteiger partial charge in [0.1, 0.15) is 0 Å². The maximum Gasteiger partial charge on any atom is 0.224 e. The lowest BCUT2D eigenvalue weighted by molar-refractivity contribution is -0.125. The minimum atomic E-state index is -0.520. The molecule has 0 spiro atoms. The lowest BCUT2D eigenvalue weighted by Crippen LogP contribution is -2.43. The summed E-state index contributed by atoms with van der Waals surface area (Å²) < 4.78 is 0. The van der Waals surface area contributed by atoms with Crippen molar-refractivity contribution in [1.29, 1.82) is 0 Å². The molecule has 0 aromatic heterocycles. The van der Waals surface area contributed by atoms with Crippen LogP contribution in [-0.4, -0.2) is 48.5 Å². The molecule has 1 aliphatic rings. The Hall–Kier alpha value is -0.650. The van der Waals surface area contributed by atoms with Gasteiger partial charge in [-0.2, -0.15) is 0 Å². The Labute approximate surface area is 77.1 Å². The quantitative estimate of drug-likeness (QED) is 0.414. The van der Waals surface area contributed by atoms with Crippen molar-refractivity contribution in [2.45, 2.75) is 12.5 Å². The number of hydrogen-bond acceptors (Lipinski definition) is 4. The predicted octanol–water partition coefficient (Wildman–Crippen LogP) is -1.93. The van der Waals surface area contributed by atoms with Gasteiger partial charge in [-0.3, -0.25) is 4.79 Å². The molecular weight excluding hydrogens is 172 g/mol. The van der Waals surface area contributed by atoms with Gasteiger partial charge in [-0.15, -0.1) is 0 Å². The van der Waals surface area contributed by atoms with E-state index in [-0.39, 0.29) is 25.0 Å². The van der Waals surface area contributed by atoms with E-state index in [0.29, 0.717) is 6.54 Å². The number of amides is 1. The van der Waals surface area contributed by atoms with Crippen LogP contribution in [0.4, 0.5) is 0 Å². The first-order chi connectivity index (χ1) is 6.27. The van der Waals surface area contributed by atoms with Crippen molar-refractivity contribution in [3.8, 4) is 0 Å². The molecular formula is C8H16N2O3. The highest BCUT2D eigenvalue weighted by Gasteiger charge is 2.23. The Bertz CT molecular complexity index is 165. The fourth-order valence-corrected chi connectivity index (χ4v) is 1.35. The van der Waals surface area contributed by atoms with Gasteiger partial charge in [-0.1, -0.05) is 0 Å². The number of carbonyl (C=O) groups excluding carboxylic acids is 1. The van der Waals surface area contributed by atoms with Gasteiger partial charge in [0.15, 0.2) is 0 Å². The molecule has 0 aromatic rings. The molecule has 5 heteroatoms. The molecule has 1 heterocycles. The maximum absolute atomic E-state index is 11.4. The molecule has 1 rings (SSSR count). The van der Waals surface area contributed by atoms with Crippen molar-refractivity contribution < 1.29 is 15.0 Å². The number of aliphatic hydroxyl groups is 2. The second-order valence-corrected chi connectivity index (χ2v) is 3.26. The lowest BCUT2D eigenvalue weighted by atomic mass is 10.1. The Morgan fingerprint density at radius 2 is 2.23 bits per heavy atom. The third kappa shape index (κ3) is 2.95. The van der Waals surface area contributed by atoms with Crippen LogP contribution in [0.5, 0.6) is 0 Å². The van der Waals surface area contributed by atoms with Crippen LogP contribution in [0.1, 0.15) is 6.42 Å². The molecule has 5 nitrogen and oxygen atoms in total. The minimum absolute atomic E-state index is 0.0133. The Kier molecular flexibility index (Phi) is 4.14. The maximum atomic E-state index is 11.4. The summed E-state index contributed by atoms with van der Waals surface area (Å²) in [7, 11) is 0. The van der Waals surface area contributed by atoms with Crippen LogP contribution in [0.15, 0.2) is 0 Å². The van der Waals surface area contributed by atoms with E-state index in [1.54, 1.807) is 0 Å². The first kappa shape index (κ1) is 10.4. The molecule has 0 aliphatic carbocycles. The van der Waals surface area contributed by atoms with Gasteiger partial charge in [0.05, 0.1) is 25.2 Å². The van der Waals surface area contributed by atoms with Crippen molar-refractivity contribution in [1.82, 2.24) is 10.6 Å². The van der Waals surface area contributed by atoms with Crippen LogP contribution in [-0.2, 0) is 4.79 Å². The van der Waals surface area contributed by atoms with Gasteiger partial charge in [0.2, 0.25) is 5.91 Å². The topological polar surface area (TPSA) is 81.6 Å². The Balaban J connectivity index is 2.30. The summed E-state index contributed by atoms with van der Waals surface area (Å²) in [5.74, 6) is -0.0984. The molecule has 76 valence electrons. The van der Waals surface area contributed by atoms with Gasteiger partial charge in [0, 0.05) is 6.54 Å². The largest absolute Gasteiger partial charge is 0.394 e. The van der Waals surface area contributed by atoms with Crippen LogP contribution < -0.4 is 10.6 Å². The highest BCUT2D eigenvalue weighted by Crippen LogP contribution is 2.07. The fourth-order valence-electron chi connectivity index (χ4n) is 1.35. The molecule has 1 fully saturated rings. The standard InChI is InChI=1S/C8H16N2O3/c11-4-7(5-12)10-8(13)6-1-2-9-3-6/h6-7,9,11-12H,1-5H2,(H,10,13). The molecule has 1 saturated heterocycles. The summed E-state index contributed by atoms with van der Waals surface area (Å²) in [4.78, 5) is 11.4. The first-order valence-corrected chi connectivity index (χ1v) is 4.50. The minimum Gasteiger partial charge on any atom is -0.394 e. The molecule has 1 aliphatic heterocycles. The monoisotopic (exact) mass is 188 g/mol. The van der Waals surface area contributed by atoms with Gasteiger partial charge in [-0.25, -0.2) is 0 Å². The zero-order valence-electron chi connectivity index (χ0n) is 7.49. The van der Waals surface area contributed by atoms with Gasteiger partial charge < -0.3 is 20.8 Å². The Morgan fingerprint density at radius 3 is 2.69 bits per heavy atom. The van der Waals surface area contributed by atoms with Crippen LogP contribution >= 0.6 is 0 Å². The fraction of sp³-hybridized carbons (Fsp3) is 0.875. The van der Waals surface area contributed by atoms with Crippen molar-refractivity contribution in [3.63, 3.8) is 0 Å². The summed E-state index contributed by atoms with van der Waals surface area (Å²) in [6.07, 6.45) is 0.829. The molecule has 4 N–H and O–H groups in total. The van der Waals surface area contributed by atoms with E-state index in [1.807, 2.05) is 0 Å². The molecule has 1 unspecified atom stereocenters. The number of hydrogen-bond donors (Lipinski definition) is 4. The van der Waals surface area contributed by atoms with E-state index < -0.39 is 6.04 Å². The van der Waals surface area contributed by atoms with Gasteiger partial charge in [-0.05, 0) is 13.0 Å². The molecule has 0 aromatic carbocycles. The highest BCUT2D eigenvalue weighted by molar-refractivity contribution is 5.79. The lowest BCUT2D eigenvalue weighted by Gasteiger charge is -2.15. The van der Waals surface area contributed by atoms with E-state index in [4.69, 9.17) is 10.2 Å². The second kappa shape index (κ2) is 5.16. The molecule has 0 radical (unpaired) electrons. The van der Waals surface area contributed by atoms with Gasteiger partial charge in [0.25, 0.3) is 0 Å². The average Bonchev–Trinajstić information content (AvgIpc) is 2.66. The summed E-state index contributed by atoms with van der Waals surface area (Å²) in [5, 5.41) is 23.1. The summed E-state index contributed by atoms with van der Waals surface area (Å²) in [6.45, 7) is 1.11. The third-order valence-electron chi connectivity index (χ3n) is 2.22. The Morgan fingerprint density at radius 1 is 1.54 bits per heavy atom. The normalized spacial score (nSPS) is 22.2. The summed E-state index contributed by atoms with van der Waals surface area (Å²) in [5.41, 5.74) is 0. The highest BCUT2D eigenvalue weighted by atomic mass is 16.3. The number of nitrogens with one attached hydrogen (secondary N) is 2.